The minimum Gasteiger partial charge on any atom is -0.387 e. The van der Waals surface area contributed by atoms with Crippen molar-refractivity contribution in [1.82, 2.24) is 9.55 Å². The number of hydrogen-bond donors (Lipinski definition) is 7. The van der Waals surface area contributed by atoms with E-state index < -0.39 is 66.0 Å². The summed E-state index contributed by atoms with van der Waals surface area (Å²) in [4.78, 5) is 51.1. The summed E-state index contributed by atoms with van der Waals surface area (Å²) in [5.41, 5.74) is -0.747. The van der Waals surface area contributed by atoms with Crippen molar-refractivity contribution in [3.05, 3.63) is 22.7 Å². The quantitative estimate of drug-likeness (QED) is 0.180. The lowest BCUT2D eigenvalue weighted by atomic mass is 9.88. The Labute approximate surface area is 177 Å². The highest BCUT2D eigenvalue weighted by atomic mass is 31.3. The van der Waals surface area contributed by atoms with Gasteiger partial charge in [0.05, 0.1) is 6.61 Å². The molecule has 8 N–H and O–H groups in total. The third kappa shape index (κ3) is 6.07. The van der Waals surface area contributed by atoms with Crippen LogP contribution in [0.1, 0.15) is 13.2 Å². The molecule has 0 amide bonds. The van der Waals surface area contributed by atoms with Crippen LogP contribution in [0.4, 0.5) is 10.2 Å². The minimum atomic E-state index is -5.85. The first-order valence-corrected chi connectivity index (χ1v) is 12.6. The summed E-state index contributed by atoms with van der Waals surface area (Å²) in [7, 11) is -17.2. The maximum Gasteiger partial charge on any atom is 0.490 e. The summed E-state index contributed by atoms with van der Waals surface area (Å²) in [5.74, 6) is -0.200. The predicted molar refractivity (Wildman–Crippen MR) is 98.2 cm³/mol. The molecule has 2 rings (SSSR count). The van der Waals surface area contributed by atoms with Crippen LogP contribution in [0.15, 0.2) is 17.1 Å². The summed E-state index contributed by atoms with van der Waals surface area (Å²) < 4.78 is 65.0. The third-order valence-electron chi connectivity index (χ3n) is 4.12. The van der Waals surface area contributed by atoms with Gasteiger partial charge in [0.2, 0.25) is 0 Å². The van der Waals surface area contributed by atoms with Gasteiger partial charge in [0.25, 0.3) is 0 Å². The topological polar surface area (TPSA) is 270 Å². The van der Waals surface area contributed by atoms with E-state index >= 15 is 0 Å². The molecule has 32 heavy (non-hydrogen) atoms. The zero-order chi connectivity index (χ0) is 24.8. The van der Waals surface area contributed by atoms with Crippen LogP contribution in [0.25, 0.3) is 0 Å². The molecule has 17 nitrogen and oxygen atoms in total. The number of alkyl halides is 1. The molecule has 3 unspecified atom stereocenters. The summed E-state index contributed by atoms with van der Waals surface area (Å²) in [6.07, 6.45) is -3.02. The molecule has 1 saturated heterocycles. The molecule has 184 valence electrons. The van der Waals surface area contributed by atoms with Crippen molar-refractivity contribution in [2.45, 2.75) is 30.5 Å². The predicted octanol–water partition coefficient (Wildman–Crippen LogP) is -1.48. The fourth-order valence-corrected chi connectivity index (χ4v) is 5.84. The van der Waals surface area contributed by atoms with Gasteiger partial charge in [0.1, 0.15) is 24.2 Å². The van der Waals surface area contributed by atoms with Crippen LogP contribution in [-0.2, 0) is 31.6 Å². The lowest BCUT2D eigenvalue weighted by molar-refractivity contribution is -0.138. The van der Waals surface area contributed by atoms with Crippen LogP contribution in [0.5, 0.6) is 0 Å². The number of hydrogen-bond acceptors (Lipinski definition) is 12. The number of nitrogens with zero attached hydrogens (tertiary/aromatic N) is 2. The SMILES string of the molecule is C[C@@]1(O)[C@H](O)C(CF)(COP(=O)(O)OP(=O)(O)OP(=O)(O)O)O[C@H]1n1ccc(N)nc1=O. The fraction of sp³-hybridized carbons (Fsp3) is 0.636. The number of rotatable bonds is 9. The van der Waals surface area contributed by atoms with Crippen LogP contribution < -0.4 is 11.4 Å². The Kier molecular flexibility index (Phi) is 7.57. The zero-order valence-corrected chi connectivity index (χ0v) is 18.5. The molecule has 1 fully saturated rings. The number of ether oxygens (including phenoxy) is 1. The Balaban J connectivity index is 2.27. The number of halogens is 1. The second kappa shape index (κ2) is 8.92. The molecule has 0 spiro atoms. The summed E-state index contributed by atoms with van der Waals surface area (Å²) in [6, 6.07) is 1.12. The van der Waals surface area contributed by atoms with Crippen molar-refractivity contribution in [2.75, 3.05) is 19.0 Å². The Morgan fingerprint density at radius 3 is 2.34 bits per heavy atom. The van der Waals surface area contributed by atoms with Crippen LogP contribution in [-0.4, -0.2) is 69.9 Å². The van der Waals surface area contributed by atoms with Crippen molar-refractivity contribution < 1.29 is 65.8 Å². The number of phosphoric acid groups is 3. The average Bonchev–Trinajstić information content (AvgIpc) is 2.78. The van der Waals surface area contributed by atoms with Gasteiger partial charge in [-0.15, -0.1) is 0 Å². The number of phosphoric ester groups is 1. The van der Waals surface area contributed by atoms with Gasteiger partial charge < -0.3 is 40.3 Å². The maximum atomic E-state index is 13.9. The van der Waals surface area contributed by atoms with Gasteiger partial charge in [-0.2, -0.15) is 13.6 Å². The van der Waals surface area contributed by atoms with Gasteiger partial charge in [-0.05, 0) is 13.0 Å². The first-order valence-electron chi connectivity index (χ1n) is 8.11. The van der Waals surface area contributed by atoms with Gasteiger partial charge in [0.15, 0.2) is 11.8 Å². The summed E-state index contributed by atoms with van der Waals surface area (Å²) >= 11 is 0. The number of aromatic nitrogens is 2. The highest BCUT2D eigenvalue weighted by molar-refractivity contribution is 7.66. The van der Waals surface area contributed by atoms with Gasteiger partial charge in [0, 0.05) is 6.20 Å². The molecule has 1 aromatic rings. The van der Waals surface area contributed by atoms with Crippen LogP contribution in [0.3, 0.4) is 0 Å². The standard InChI is InChI=1S/C11H19FN3O14P3/c1-10(18)7(16)11(4-12,27-8(10)15-3-2-6(13)14-9(15)17)5-26-31(22,23)29-32(24,25)28-30(19,20)21/h2-3,7-8,16,18H,4-5H2,1H3,(H,22,23)(H,24,25)(H2,13,14,17)(H2,19,20,21)/t7-,8+,10+,11?/m0/s1. The maximum absolute atomic E-state index is 13.9. The van der Waals surface area contributed by atoms with E-state index in [0.29, 0.717) is 4.57 Å². The van der Waals surface area contributed by atoms with Crippen molar-refractivity contribution in [2.24, 2.45) is 0 Å². The van der Waals surface area contributed by atoms with E-state index in [0.717, 1.165) is 19.2 Å². The molecule has 1 aromatic heterocycles. The van der Waals surface area contributed by atoms with Crippen molar-refractivity contribution >= 4 is 29.3 Å². The molecule has 21 heteroatoms. The number of nitrogen functional groups attached to an aromatic ring is 1. The molecule has 0 radical (unpaired) electrons. The first-order chi connectivity index (χ1) is 14.3. The van der Waals surface area contributed by atoms with Crippen LogP contribution >= 0.6 is 23.5 Å². The molecular formula is C11H19FN3O14P3. The lowest BCUT2D eigenvalue weighted by Gasteiger charge is -2.31. The van der Waals surface area contributed by atoms with Gasteiger partial charge in [-0.3, -0.25) is 9.09 Å². The zero-order valence-electron chi connectivity index (χ0n) is 15.9. The Morgan fingerprint density at radius 2 is 1.84 bits per heavy atom. The van der Waals surface area contributed by atoms with Gasteiger partial charge in [-0.25, -0.2) is 22.9 Å². The molecule has 1 aliphatic rings. The molecule has 0 saturated carbocycles. The fourth-order valence-electron chi connectivity index (χ4n) is 2.77. The Hall–Kier alpha value is -1.10. The third-order valence-corrected chi connectivity index (χ3v) is 7.90. The number of anilines is 1. The van der Waals surface area contributed by atoms with E-state index in [2.05, 4.69) is 18.1 Å². The molecule has 1 aliphatic heterocycles. The van der Waals surface area contributed by atoms with E-state index in [1.165, 1.54) is 0 Å². The monoisotopic (exact) mass is 529 g/mol. The van der Waals surface area contributed by atoms with Crippen molar-refractivity contribution in [3.8, 4) is 0 Å². The van der Waals surface area contributed by atoms with Gasteiger partial charge >= 0.3 is 29.2 Å². The Morgan fingerprint density at radius 1 is 1.25 bits per heavy atom. The van der Waals surface area contributed by atoms with E-state index in [4.69, 9.17) is 25.2 Å². The molecule has 0 aliphatic carbocycles. The second-order valence-electron chi connectivity index (χ2n) is 6.70. The molecule has 0 bridgehead atoms. The van der Waals surface area contributed by atoms with Crippen LogP contribution in [0.2, 0.25) is 0 Å². The number of aliphatic hydroxyl groups is 2. The van der Waals surface area contributed by atoms with E-state index in [-0.39, 0.29) is 5.82 Å². The molecule has 2 heterocycles. The lowest BCUT2D eigenvalue weighted by Crippen LogP contribution is -2.53. The van der Waals surface area contributed by atoms with E-state index in [9.17, 15) is 38.0 Å². The van der Waals surface area contributed by atoms with E-state index in [1.54, 1.807) is 0 Å². The smallest absolute Gasteiger partial charge is 0.387 e. The summed E-state index contributed by atoms with van der Waals surface area (Å²) in [6.45, 7) is -2.17. The highest BCUT2D eigenvalue weighted by Gasteiger charge is 2.63. The summed E-state index contributed by atoms with van der Waals surface area (Å²) in [5, 5.41) is 21.0. The normalized spacial score (nSPS) is 32.4. The highest BCUT2D eigenvalue weighted by Crippen LogP contribution is 2.66. The van der Waals surface area contributed by atoms with Crippen LogP contribution in [0, 0.1) is 0 Å². The average molecular weight is 529 g/mol. The first kappa shape index (κ1) is 27.1. The van der Waals surface area contributed by atoms with Crippen molar-refractivity contribution in [1.29, 1.82) is 0 Å². The molecule has 0 aromatic carbocycles. The number of nitrogens with two attached hydrogens (primary N) is 1. The van der Waals surface area contributed by atoms with Gasteiger partial charge in [-0.1, -0.05) is 0 Å². The number of aliphatic hydroxyl groups excluding tert-OH is 1. The largest absolute Gasteiger partial charge is 0.490 e. The molecular weight excluding hydrogens is 510 g/mol. The molecule has 6 atom stereocenters. The minimum absolute atomic E-state index is 0.200. The van der Waals surface area contributed by atoms with E-state index in [1.807, 2.05) is 0 Å². The second-order valence-corrected chi connectivity index (χ2v) is 11.1. The van der Waals surface area contributed by atoms with Crippen molar-refractivity contribution in [3.63, 3.8) is 0 Å². The Bertz CT molecular complexity index is 1060.